The molecule has 12 heteroatoms. The Morgan fingerprint density at radius 3 is 1.73 bits per heavy atom. The highest BCUT2D eigenvalue weighted by Gasteiger charge is 2.10. The number of hydrogen-bond donors (Lipinski definition) is 0. The van der Waals surface area contributed by atoms with Crippen molar-refractivity contribution in [3.63, 3.8) is 0 Å². The number of fused-ring (bicyclic) bond motifs is 2. The minimum atomic E-state index is -0.405. The van der Waals surface area contributed by atoms with Crippen LogP contribution in [-0.4, -0.2) is 69.7 Å². The molecule has 0 amide bonds. The van der Waals surface area contributed by atoms with Gasteiger partial charge in [0.15, 0.2) is 0 Å². The number of methoxy groups -OCH3 is 2. The van der Waals surface area contributed by atoms with Crippen LogP contribution in [0, 0.1) is 0 Å². The van der Waals surface area contributed by atoms with Crippen LogP contribution >= 0.6 is 0 Å². The van der Waals surface area contributed by atoms with Crippen molar-refractivity contribution >= 4 is 34.0 Å². The fourth-order valence-corrected chi connectivity index (χ4v) is 2.66. The molecule has 0 atom stereocenters. The van der Waals surface area contributed by atoms with Crippen molar-refractivity contribution in [1.82, 2.24) is 30.3 Å². The Balaban J connectivity index is 0.000000186. The minimum absolute atomic E-state index is 0.185. The van der Waals surface area contributed by atoms with E-state index in [1.165, 1.54) is 7.11 Å². The van der Waals surface area contributed by atoms with Crippen molar-refractivity contribution < 1.29 is 28.7 Å². The van der Waals surface area contributed by atoms with E-state index in [9.17, 15) is 9.59 Å². The average molecular weight is 456 g/mol. The first kappa shape index (κ1) is 23.8. The molecule has 0 saturated heterocycles. The summed E-state index contributed by atoms with van der Waals surface area (Å²) in [6.07, 6.45) is 1.11. The first-order valence-corrected chi connectivity index (χ1v) is 10.1. The summed E-state index contributed by atoms with van der Waals surface area (Å²) in [5.41, 5.74) is 2.71. The molecule has 2 aromatic carbocycles. The summed E-state index contributed by atoms with van der Waals surface area (Å²) in [6.45, 7) is 0.860. The molecule has 0 saturated carbocycles. The lowest BCUT2D eigenvalue weighted by atomic mass is 10.3. The van der Waals surface area contributed by atoms with Crippen LogP contribution in [-0.2, 0) is 19.1 Å². The van der Waals surface area contributed by atoms with E-state index in [1.807, 2.05) is 24.3 Å². The number of carbonyl (C=O) groups is 2. The smallest absolute Gasteiger partial charge is 0.337 e. The molecule has 12 nitrogen and oxygen atoms in total. The second kappa shape index (κ2) is 12.2. The molecule has 4 rings (SSSR count). The summed E-state index contributed by atoms with van der Waals surface area (Å²) in [6, 6.07) is 14.5. The summed E-state index contributed by atoms with van der Waals surface area (Å²) in [4.78, 5) is 35.1. The zero-order valence-corrected chi connectivity index (χ0v) is 18.3. The third-order valence-corrected chi connectivity index (χ3v) is 4.26. The molecule has 0 bridgehead atoms. The Kier molecular flexibility index (Phi) is 8.79. The molecule has 0 radical (unpaired) electrons. The summed E-state index contributed by atoms with van der Waals surface area (Å²) < 4.78 is 9.63. The van der Waals surface area contributed by atoms with Crippen LogP contribution in [0.4, 0.5) is 0 Å². The van der Waals surface area contributed by atoms with Gasteiger partial charge in [-0.25, -0.2) is 9.59 Å². The molecule has 0 fully saturated rings. The normalized spacial score (nSPS) is 10.6. The van der Waals surface area contributed by atoms with Gasteiger partial charge in [0, 0.05) is 20.8 Å². The van der Waals surface area contributed by atoms with Crippen molar-refractivity contribution in [1.29, 1.82) is 0 Å². The Labute approximate surface area is 188 Å². The summed E-state index contributed by atoms with van der Waals surface area (Å²) in [7, 11) is 3.12. The van der Waals surface area contributed by atoms with Crippen molar-refractivity contribution in [2.75, 3.05) is 27.4 Å². The van der Waals surface area contributed by atoms with Crippen molar-refractivity contribution in [3.8, 4) is 0 Å². The van der Waals surface area contributed by atoms with Crippen molar-refractivity contribution in [2.24, 2.45) is 0 Å². The molecule has 4 aromatic rings. The number of para-hydroxylation sites is 2. The van der Waals surface area contributed by atoms with E-state index in [4.69, 9.17) is 19.1 Å². The fourth-order valence-electron chi connectivity index (χ4n) is 2.66. The number of ether oxygens (including phenoxy) is 2. The van der Waals surface area contributed by atoms with Gasteiger partial charge < -0.3 is 19.1 Å². The van der Waals surface area contributed by atoms with E-state index in [-0.39, 0.29) is 12.4 Å². The molecule has 0 aliphatic heterocycles. The molecule has 0 aliphatic rings. The highest BCUT2D eigenvalue weighted by molar-refractivity contribution is 5.76. The second-order valence-corrected chi connectivity index (χ2v) is 6.67. The van der Waals surface area contributed by atoms with Crippen LogP contribution < -0.4 is 9.68 Å². The average Bonchev–Trinajstić information content (AvgIpc) is 3.43. The fraction of sp³-hybridized carbons (Fsp3) is 0.333. The zero-order chi connectivity index (χ0) is 23.5. The van der Waals surface area contributed by atoms with E-state index in [0.29, 0.717) is 48.1 Å². The van der Waals surface area contributed by atoms with Gasteiger partial charge in [-0.1, -0.05) is 34.0 Å². The topological polar surface area (TPSA) is 132 Å². The van der Waals surface area contributed by atoms with E-state index in [0.717, 1.165) is 9.69 Å². The van der Waals surface area contributed by atoms with E-state index in [2.05, 4.69) is 20.6 Å². The molecular formula is C21H24N6O6. The molecule has 2 aromatic heterocycles. The maximum atomic E-state index is 11.5. The number of hydrogen-bond acceptors (Lipinski definition) is 10. The number of nitrogens with zero attached hydrogens (tertiary/aromatic N) is 6. The maximum Gasteiger partial charge on any atom is 0.337 e. The van der Waals surface area contributed by atoms with Gasteiger partial charge in [0.2, 0.25) is 0 Å². The quantitative estimate of drug-likeness (QED) is 0.267. The van der Waals surface area contributed by atoms with Gasteiger partial charge >= 0.3 is 11.9 Å². The molecule has 0 unspecified atom stereocenters. The summed E-state index contributed by atoms with van der Waals surface area (Å²) >= 11 is 0. The van der Waals surface area contributed by atoms with Crippen LogP contribution in [0.3, 0.4) is 0 Å². The van der Waals surface area contributed by atoms with Crippen LogP contribution in [0.15, 0.2) is 48.5 Å². The van der Waals surface area contributed by atoms with Gasteiger partial charge in [0.05, 0.1) is 19.4 Å². The van der Waals surface area contributed by atoms with Gasteiger partial charge in [-0.15, -0.1) is 10.2 Å². The first-order chi connectivity index (χ1) is 16.1. The molecule has 33 heavy (non-hydrogen) atoms. The molecule has 0 aliphatic carbocycles. The van der Waals surface area contributed by atoms with Gasteiger partial charge in [-0.05, 0) is 41.1 Å². The SMILES string of the molecule is COCCC(=O)On1nnc2ccccc21.COCCCC(=O)On1nnc2ccccc21. The second-order valence-electron chi connectivity index (χ2n) is 6.67. The number of benzene rings is 2. The lowest BCUT2D eigenvalue weighted by Gasteiger charge is -2.02. The predicted octanol–water partition coefficient (Wildman–Crippen LogP) is 1.24. The van der Waals surface area contributed by atoms with Crippen LogP contribution in [0.25, 0.3) is 22.1 Å². The van der Waals surface area contributed by atoms with Crippen molar-refractivity contribution in [2.45, 2.75) is 19.3 Å². The predicted molar refractivity (Wildman–Crippen MR) is 116 cm³/mol. The Morgan fingerprint density at radius 2 is 1.21 bits per heavy atom. The minimum Gasteiger partial charge on any atom is -0.385 e. The highest BCUT2D eigenvalue weighted by Crippen LogP contribution is 2.09. The van der Waals surface area contributed by atoms with E-state index >= 15 is 0 Å². The maximum absolute atomic E-state index is 11.5. The zero-order valence-electron chi connectivity index (χ0n) is 18.3. The molecule has 2 heterocycles. The van der Waals surface area contributed by atoms with Gasteiger partial charge in [0.1, 0.15) is 22.1 Å². The Bertz CT molecular complexity index is 1190. The molecule has 0 N–H and O–H groups in total. The lowest BCUT2D eigenvalue weighted by Crippen LogP contribution is -2.21. The molecule has 0 spiro atoms. The van der Waals surface area contributed by atoms with Gasteiger partial charge in [0.25, 0.3) is 0 Å². The van der Waals surface area contributed by atoms with E-state index in [1.54, 1.807) is 31.4 Å². The largest absolute Gasteiger partial charge is 0.385 e. The monoisotopic (exact) mass is 456 g/mol. The Morgan fingerprint density at radius 1 is 0.727 bits per heavy atom. The van der Waals surface area contributed by atoms with Gasteiger partial charge in [-0.2, -0.15) is 0 Å². The first-order valence-electron chi connectivity index (χ1n) is 10.1. The van der Waals surface area contributed by atoms with Crippen LogP contribution in [0.1, 0.15) is 19.3 Å². The lowest BCUT2D eigenvalue weighted by molar-refractivity contribution is -0.147. The van der Waals surface area contributed by atoms with Gasteiger partial charge in [-0.3, -0.25) is 0 Å². The third kappa shape index (κ3) is 6.79. The highest BCUT2D eigenvalue weighted by atomic mass is 16.7. The summed E-state index contributed by atoms with van der Waals surface area (Å²) in [5, 5.41) is 15.2. The molecule has 174 valence electrons. The van der Waals surface area contributed by atoms with Crippen LogP contribution in [0.2, 0.25) is 0 Å². The van der Waals surface area contributed by atoms with Crippen molar-refractivity contribution in [3.05, 3.63) is 48.5 Å². The van der Waals surface area contributed by atoms with E-state index < -0.39 is 5.97 Å². The summed E-state index contributed by atoms with van der Waals surface area (Å²) in [5.74, 6) is -0.754. The third-order valence-electron chi connectivity index (χ3n) is 4.26. The number of aromatic nitrogens is 6. The number of carbonyl (C=O) groups excluding carboxylic acids is 2. The number of rotatable bonds is 9. The standard InChI is InChI=1S/C11H13N3O3.C10H11N3O3/c1-16-8-4-7-11(15)17-14-10-6-3-2-5-9(10)12-13-14;1-15-7-6-10(14)16-13-9-5-3-2-4-8(9)11-12-13/h2-3,5-6H,4,7-8H2,1H3;2-5H,6-7H2,1H3. The Hall–Kier alpha value is -3.90. The van der Waals surface area contributed by atoms with Crippen LogP contribution in [0.5, 0.6) is 0 Å². The molecular weight excluding hydrogens is 432 g/mol.